The number of pyridine rings is 1. The summed E-state index contributed by atoms with van der Waals surface area (Å²) < 4.78 is 10.9. The first kappa shape index (κ1) is 11.8. The summed E-state index contributed by atoms with van der Waals surface area (Å²) in [4.78, 5) is 4.53. The lowest BCUT2D eigenvalue weighted by atomic mass is 10.2. The lowest BCUT2D eigenvalue weighted by Crippen LogP contribution is -1.96. The van der Waals surface area contributed by atoms with Crippen LogP contribution in [0.25, 0.3) is 0 Å². The number of methoxy groups -OCH3 is 1. The van der Waals surface area contributed by atoms with Gasteiger partial charge in [-0.05, 0) is 37.0 Å². The van der Waals surface area contributed by atoms with Crippen LogP contribution in [-0.2, 0) is 12.8 Å². The molecule has 4 heteroatoms. The van der Waals surface area contributed by atoms with Gasteiger partial charge in [-0.2, -0.15) is 0 Å². The predicted octanol–water partition coefficient (Wildman–Crippen LogP) is 2.95. The van der Waals surface area contributed by atoms with Gasteiger partial charge in [0.25, 0.3) is 0 Å². The van der Waals surface area contributed by atoms with Crippen LogP contribution in [0.2, 0.25) is 0 Å². The molecule has 1 aromatic carbocycles. The third-order valence-corrected chi connectivity index (χ3v) is 3.34. The minimum atomic E-state index is 0.572. The molecule has 0 amide bonds. The van der Waals surface area contributed by atoms with Gasteiger partial charge in [-0.1, -0.05) is 6.07 Å². The average Bonchev–Trinajstić information content (AvgIpc) is 2.89. The summed E-state index contributed by atoms with van der Waals surface area (Å²) in [6, 6.07) is 9.31. The summed E-state index contributed by atoms with van der Waals surface area (Å²) in [5.41, 5.74) is 8.93. The zero-order valence-corrected chi connectivity index (χ0v) is 10.8. The van der Waals surface area contributed by atoms with Crippen LogP contribution < -0.4 is 15.2 Å². The van der Waals surface area contributed by atoms with Gasteiger partial charge < -0.3 is 15.2 Å². The van der Waals surface area contributed by atoms with E-state index in [0.717, 1.165) is 18.5 Å². The zero-order valence-electron chi connectivity index (χ0n) is 10.8. The van der Waals surface area contributed by atoms with Gasteiger partial charge in [-0.3, -0.25) is 0 Å². The minimum Gasteiger partial charge on any atom is -0.497 e. The Hall–Kier alpha value is -2.23. The lowest BCUT2D eigenvalue weighted by Gasteiger charge is -2.10. The second-order valence-electron chi connectivity index (χ2n) is 4.61. The summed E-state index contributed by atoms with van der Waals surface area (Å²) in [5, 5.41) is 0. The molecular weight excluding hydrogens is 240 g/mol. The molecular formula is C15H16N2O2. The van der Waals surface area contributed by atoms with Crippen molar-refractivity contribution in [2.75, 3.05) is 12.8 Å². The van der Waals surface area contributed by atoms with E-state index in [1.165, 1.54) is 12.0 Å². The number of nitrogens with zero attached hydrogens (tertiary/aromatic N) is 1. The number of anilines is 1. The Morgan fingerprint density at radius 1 is 1.16 bits per heavy atom. The van der Waals surface area contributed by atoms with Crippen LogP contribution in [0.3, 0.4) is 0 Å². The van der Waals surface area contributed by atoms with Crippen molar-refractivity contribution in [3.63, 3.8) is 0 Å². The van der Waals surface area contributed by atoms with Crippen LogP contribution in [0.4, 0.5) is 5.69 Å². The molecule has 0 radical (unpaired) electrons. The fourth-order valence-electron chi connectivity index (χ4n) is 2.30. The minimum absolute atomic E-state index is 0.572. The van der Waals surface area contributed by atoms with Gasteiger partial charge in [0, 0.05) is 17.8 Å². The largest absolute Gasteiger partial charge is 0.497 e. The van der Waals surface area contributed by atoms with E-state index in [0.29, 0.717) is 23.1 Å². The average molecular weight is 256 g/mol. The maximum atomic E-state index is 5.90. The zero-order chi connectivity index (χ0) is 13.2. The number of fused-ring (bicyclic) bond motifs is 1. The molecule has 0 spiro atoms. The number of hydrogen-bond acceptors (Lipinski definition) is 4. The van der Waals surface area contributed by atoms with E-state index in [9.17, 15) is 0 Å². The van der Waals surface area contributed by atoms with Gasteiger partial charge in [0.1, 0.15) is 5.75 Å². The normalized spacial score (nSPS) is 13.1. The highest BCUT2D eigenvalue weighted by Gasteiger charge is 2.13. The van der Waals surface area contributed by atoms with E-state index >= 15 is 0 Å². The summed E-state index contributed by atoms with van der Waals surface area (Å²) in [5.74, 6) is 1.87. The van der Waals surface area contributed by atoms with Gasteiger partial charge in [-0.25, -0.2) is 4.98 Å². The first-order chi connectivity index (χ1) is 9.26. The topological polar surface area (TPSA) is 57.4 Å². The number of aryl methyl sites for hydroxylation is 2. The summed E-state index contributed by atoms with van der Waals surface area (Å²) in [7, 11) is 1.61. The smallest absolute Gasteiger partial charge is 0.219 e. The van der Waals surface area contributed by atoms with E-state index in [4.69, 9.17) is 15.2 Å². The van der Waals surface area contributed by atoms with Crippen molar-refractivity contribution in [1.82, 2.24) is 4.98 Å². The Labute approximate surface area is 112 Å². The summed E-state index contributed by atoms with van der Waals surface area (Å²) in [6.07, 6.45) is 3.32. The van der Waals surface area contributed by atoms with Gasteiger partial charge in [0.15, 0.2) is 5.75 Å². The molecule has 0 saturated heterocycles. The van der Waals surface area contributed by atoms with Crippen molar-refractivity contribution in [2.45, 2.75) is 19.3 Å². The van der Waals surface area contributed by atoms with Crippen molar-refractivity contribution in [2.24, 2.45) is 0 Å². The number of nitrogen functional groups attached to an aromatic ring is 1. The molecule has 0 bridgehead atoms. The van der Waals surface area contributed by atoms with Crippen LogP contribution in [-0.4, -0.2) is 12.1 Å². The van der Waals surface area contributed by atoms with Crippen molar-refractivity contribution >= 4 is 5.69 Å². The van der Waals surface area contributed by atoms with E-state index < -0.39 is 0 Å². The highest BCUT2D eigenvalue weighted by Crippen LogP contribution is 2.31. The van der Waals surface area contributed by atoms with E-state index in [1.54, 1.807) is 25.3 Å². The van der Waals surface area contributed by atoms with Crippen molar-refractivity contribution in [3.8, 4) is 17.4 Å². The first-order valence-electron chi connectivity index (χ1n) is 6.36. The number of nitrogens with two attached hydrogens (primary N) is 1. The molecule has 1 aliphatic rings. The quantitative estimate of drug-likeness (QED) is 0.858. The molecule has 1 heterocycles. The fourth-order valence-corrected chi connectivity index (χ4v) is 2.30. The Kier molecular flexibility index (Phi) is 2.99. The number of ether oxygens (including phenoxy) is 2. The van der Waals surface area contributed by atoms with E-state index in [-0.39, 0.29) is 0 Å². The van der Waals surface area contributed by atoms with Crippen LogP contribution in [0, 0.1) is 0 Å². The molecule has 0 aliphatic heterocycles. The molecule has 0 saturated carbocycles. The SMILES string of the molecule is COc1ccc(N)c(Oc2ccc3c(n2)CCC3)c1. The highest BCUT2D eigenvalue weighted by molar-refractivity contribution is 5.56. The van der Waals surface area contributed by atoms with Crippen molar-refractivity contribution in [1.29, 1.82) is 0 Å². The second kappa shape index (κ2) is 4.80. The Balaban J connectivity index is 1.88. The van der Waals surface area contributed by atoms with Crippen molar-refractivity contribution < 1.29 is 9.47 Å². The molecule has 0 fully saturated rings. The number of benzene rings is 1. The summed E-state index contributed by atoms with van der Waals surface area (Å²) in [6.45, 7) is 0. The van der Waals surface area contributed by atoms with Crippen LogP contribution in [0.15, 0.2) is 30.3 Å². The Morgan fingerprint density at radius 2 is 2.05 bits per heavy atom. The number of hydrogen-bond donors (Lipinski definition) is 1. The molecule has 1 aromatic heterocycles. The van der Waals surface area contributed by atoms with Gasteiger partial charge >= 0.3 is 0 Å². The molecule has 0 atom stereocenters. The molecule has 19 heavy (non-hydrogen) atoms. The molecule has 2 N–H and O–H groups in total. The maximum absolute atomic E-state index is 5.90. The lowest BCUT2D eigenvalue weighted by molar-refractivity contribution is 0.407. The molecule has 98 valence electrons. The maximum Gasteiger partial charge on any atom is 0.219 e. The number of aromatic nitrogens is 1. The van der Waals surface area contributed by atoms with Crippen molar-refractivity contribution in [3.05, 3.63) is 41.6 Å². The monoisotopic (exact) mass is 256 g/mol. The number of rotatable bonds is 3. The second-order valence-corrected chi connectivity index (χ2v) is 4.61. The summed E-state index contributed by atoms with van der Waals surface area (Å²) >= 11 is 0. The van der Waals surface area contributed by atoms with Crippen LogP contribution in [0.5, 0.6) is 17.4 Å². The molecule has 3 rings (SSSR count). The van der Waals surface area contributed by atoms with Crippen LogP contribution >= 0.6 is 0 Å². The van der Waals surface area contributed by atoms with E-state index in [1.807, 2.05) is 6.07 Å². The standard InChI is InChI=1S/C15H16N2O2/c1-18-11-6-7-12(16)14(9-11)19-15-8-5-10-3-2-4-13(10)17-15/h5-9H,2-4,16H2,1H3. The van der Waals surface area contributed by atoms with Crippen LogP contribution in [0.1, 0.15) is 17.7 Å². The highest BCUT2D eigenvalue weighted by atomic mass is 16.5. The Bertz CT molecular complexity index is 611. The third kappa shape index (κ3) is 2.34. The predicted molar refractivity (Wildman–Crippen MR) is 73.7 cm³/mol. The molecule has 4 nitrogen and oxygen atoms in total. The molecule has 2 aromatic rings. The van der Waals surface area contributed by atoms with E-state index in [2.05, 4.69) is 11.1 Å². The van der Waals surface area contributed by atoms with Gasteiger partial charge in [-0.15, -0.1) is 0 Å². The first-order valence-corrected chi connectivity index (χ1v) is 6.36. The van der Waals surface area contributed by atoms with Gasteiger partial charge in [0.05, 0.1) is 12.8 Å². The fraction of sp³-hybridized carbons (Fsp3) is 0.267. The third-order valence-electron chi connectivity index (χ3n) is 3.34. The molecule has 1 aliphatic carbocycles. The van der Waals surface area contributed by atoms with Gasteiger partial charge in [0.2, 0.25) is 5.88 Å². The molecule has 0 unspecified atom stereocenters. The Morgan fingerprint density at radius 3 is 2.89 bits per heavy atom.